The van der Waals surface area contributed by atoms with Gasteiger partial charge in [-0.05, 0) is 31.0 Å². The molecule has 0 atom stereocenters. The van der Waals surface area contributed by atoms with Crippen molar-refractivity contribution >= 4 is 23.3 Å². The lowest BCUT2D eigenvalue weighted by Gasteiger charge is -2.17. The molecular weight excluding hydrogens is 262 g/mol. The summed E-state index contributed by atoms with van der Waals surface area (Å²) in [7, 11) is 0. The maximum atomic E-state index is 12.0. The minimum atomic E-state index is -0.0874. The predicted molar refractivity (Wildman–Crippen MR) is 77.2 cm³/mol. The summed E-state index contributed by atoms with van der Waals surface area (Å²) in [4.78, 5) is 13.8. The largest absolute Gasteiger partial charge is 0.325 e. The average molecular weight is 278 g/mol. The number of hydrogen-bond donors (Lipinski definition) is 2. The Morgan fingerprint density at radius 2 is 2.16 bits per heavy atom. The first-order valence-electron chi connectivity index (χ1n) is 6.25. The SMILES string of the molecule is NCC#Cc1cc(Cl)ccc1NC(=O)N1CCCC1. The number of rotatable bonds is 1. The van der Waals surface area contributed by atoms with Gasteiger partial charge in [0.15, 0.2) is 0 Å². The predicted octanol–water partition coefficient (Wildman–Crippen LogP) is 2.28. The fraction of sp³-hybridized carbons (Fsp3) is 0.357. The molecule has 0 aliphatic carbocycles. The van der Waals surface area contributed by atoms with E-state index in [2.05, 4.69) is 17.2 Å². The summed E-state index contributed by atoms with van der Waals surface area (Å²) in [5.74, 6) is 5.69. The third kappa shape index (κ3) is 3.63. The fourth-order valence-electron chi connectivity index (χ4n) is 1.99. The van der Waals surface area contributed by atoms with Crippen molar-refractivity contribution in [2.45, 2.75) is 12.8 Å². The molecule has 1 aromatic carbocycles. The van der Waals surface area contributed by atoms with Crippen LogP contribution in [0, 0.1) is 11.8 Å². The molecule has 2 amide bonds. The van der Waals surface area contributed by atoms with E-state index in [4.69, 9.17) is 17.3 Å². The molecule has 1 aliphatic rings. The van der Waals surface area contributed by atoms with Gasteiger partial charge in [-0.25, -0.2) is 4.79 Å². The molecule has 4 nitrogen and oxygen atoms in total. The highest BCUT2D eigenvalue weighted by atomic mass is 35.5. The van der Waals surface area contributed by atoms with Gasteiger partial charge in [-0.1, -0.05) is 23.4 Å². The van der Waals surface area contributed by atoms with Crippen LogP contribution in [0.1, 0.15) is 18.4 Å². The number of hydrogen-bond acceptors (Lipinski definition) is 2. The van der Waals surface area contributed by atoms with Crippen LogP contribution in [-0.2, 0) is 0 Å². The summed E-state index contributed by atoms with van der Waals surface area (Å²) in [6.07, 6.45) is 2.13. The molecule has 1 fully saturated rings. The van der Waals surface area contributed by atoms with E-state index in [-0.39, 0.29) is 12.6 Å². The fourth-order valence-corrected chi connectivity index (χ4v) is 2.16. The van der Waals surface area contributed by atoms with Crippen molar-refractivity contribution in [3.63, 3.8) is 0 Å². The van der Waals surface area contributed by atoms with Gasteiger partial charge in [-0.15, -0.1) is 0 Å². The van der Waals surface area contributed by atoms with Crippen LogP contribution in [-0.4, -0.2) is 30.6 Å². The summed E-state index contributed by atoms with van der Waals surface area (Å²) >= 11 is 5.94. The van der Waals surface area contributed by atoms with Crippen molar-refractivity contribution in [3.05, 3.63) is 28.8 Å². The highest BCUT2D eigenvalue weighted by Gasteiger charge is 2.18. The third-order valence-electron chi connectivity index (χ3n) is 2.94. The number of benzene rings is 1. The van der Waals surface area contributed by atoms with Gasteiger partial charge in [0.25, 0.3) is 0 Å². The number of carbonyl (C=O) groups is 1. The number of urea groups is 1. The molecule has 1 aliphatic heterocycles. The zero-order valence-electron chi connectivity index (χ0n) is 10.6. The Kier molecular flexibility index (Phi) is 4.67. The van der Waals surface area contributed by atoms with Gasteiger partial charge >= 0.3 is 6.03 Å². The van der Waals surface area contributed by atoms with E-state index in [0.29, 0.717) is 16.3 Å². The first kappa shape index (κ1) is 13.7. The Morgan fingerprint density at radius 1 is 1.42 bits per heavy atom. The molecule has 5 heteroatoms. The van der Waals surface area contributed by atoms with Crippen LogP contribution in [0.15, 0.2) is 18.2 Å². The first-order valence-corrected chi connectivity index (χ1v) is 6.63. The summed E-state index contributed by atoms with van der Waals surface area (Å²) in [6.45, 7) is 1.89. The maximum Gasteiger partial charge on any atom is 0.321 e. The van der Waals surface area contributed by atoms with Gasteiger partial charge in [0, 0.05) is 23.7 Å². The highest BCUT2D eigenvalue weighted by Crippen LogP contribution is 2.21. The van der Waals surface area contributed by atoms with Crippen molar-refractivity contribution in [1.82, 2.24) is 4.90 Å². The maximum absolute atomic E-state index is 12.0. The number of likely N-dealkylation sites (tertiary alicyclic amines) is 1. The average Bonchev–Trinajstić information content (AvgIpc) is 2.93. The van der Waals surface area contributed by atoms with E-state index in [1.807, 2.05) is 0 Å². The molecular formula is C14H16ClN3O. The van der Waals surface area contributed by atoms with Gasteiger partial charge in [0.1, 0.15) is 0 Å². The number of amides is 2. The molecule has 100 valence electrons. The smallest absolute Gasteiger partial charge is 0.321 e. The molecule has 19 heavy (non-hydrogen) atoms. The minimum absolute atomic E-state index is 0.0874. The zero-order chi connectivity index (χ0) is 13.7. The van der Waals surface area contributed by atoms with Crippen molar-refractivity contribution < 1.29 is 4.79 Å². The monoisotopic (exact) mass is 277 g/mol. The molecule has 3 N–H and O–H groups in total. The number of carbonyl (C=O) groups excluding carboxylic acids is 1. The second-order valence-electron chi connectivity index (χ2n) is 4.32. The lowest BCUT2D eigenvalue weighted by atomic mass is 10.2. The third-order valence-corrected chi connectivity index (χ3v) is 3.18. The standard InChI is InChI=1S/C14H16ClN3O/c15-12-5-6-13(11(10-12)4-3-7-16)17-14(19)18-8-1-2-9-18/h5-6,10H,1-2,7-9,16H2,(H,17,19). The molecule has 0 spiro atoms. The van der Waals surface area contributed by atoms with Crippen molar-refractivity contribution in [2.24, 2.45) is 5.73 Å². The number of nitrogens with zero attached hydrogens (tertiary/aromatic N) is 1. The van der Waals surface area contributed by atoms with Gasteiger partial charge in [-0.3, -0.25) is 0 Å². The molecule has 0 radical (unpaired) electrons. The van der Waals surface area contributed by atoms with Gasteiger partial charge in [-0.2, -0.15) is 0 Å². The molecule has 2 rings (SSSR count). The van der Waals surface area contributed by atoms with Crippen LogP contribution >= 0.6 is 11.6 Å². The number of nitrogens with two attached hydrogens (primary N) is 1. The Morgan fingerprint density at radius 3 is 2.84 bits per heavy atom. The minimum Gasteiger partial charge on any atom is -0.325 e. The Labute approximate surface area is 117 Å². The second-order valence-corrected chi connectivity index (χ2v) is 4.76. The molecule has 0 unspecified atom stereocenters. The van der Waals surface area contributed by atoms with Crippen LogP contribution in [0.5, 0.6) is 0 Å². The summed E-state index contributed by atoms with van der Waals surface area (Å²) in [6, 6.07) is 5.13. The van der Waals surface area contributed by atoms with Crippen molar-refractivity contribution in [2.75, 3.05) is 25.0 Å². The van der Waals surface area contributed by atoms with Crippen LogP contribution in [0.4, 0.5) is 10.5 Å². The summed E-state index contributed by atoms with van der Waals surface area (Å²) in [5.41, 5.74) is 6.72. The van der Waals surface area contributed by atoms with Gasteiger partial charge in [0.2, 0.25) is 0 Å². The van der Waals surface area contributed by atoms with Crippen LogP contribution in [0.25, 0.3) is 0 Å². The van der Waals surface area contributed by atoms with Crippen molar-refractivity contribution in [1.29, 1.82) is 0 Å². The molecule has 0 saturated carbocycles. The van der Waals surface area contributed by atoms with E-state index in [1.165, 1.54) is 0 Å². The van der Waals surface area contributed by atoms with E-state index < -0.39 is 0 Å². The topological polar surface area (TPSA) is 58.4 Å². The molecule has 0 aromatic heterocycles. The van der Waals surface area contributed by atoms with Crippen LogP contribution < -0.4 is 11.1 Å². The van der Waals surface area contributed by atoms with Gasteiger partial charge < -0.3 is 16.0 Å². The van der Waals surface area contributed by atoms with Crippen molar-refractivity contribution in [3.8, 4) is 11.8 Å². The summed E-state index contributed by atoms with van der Waals surface area (Å²) in [5, 5.41) is 3.46. The number of anilines is 1. The number of nitrogens with one attached hydrogen (secondary N) is 1. The molecule has 0 bridgehead atoms. The Balaban J connectivity index is 2.16. The first-order chi connectivity index (χ1) is 9.20. The van der Waals surface area contributed by atoms with E-state index in [0.717, 1.165) is 25.9 Å². The van der Waals surface area contributed by atoms with E-state index in [9.17, 15) is 4.79 Å². The quantitative estimate of drug-likeness (QED) is 0.774. The van der Waals surface area contributed by atoms with E-state index >= 15 is 0 Å². The Hall–Kier alpha value is -1.70. The molecule has 1 aromatic rings. The van der Waals surface area contributed by atoms with Crippen LogP contribution in [0.3, 0.4) is 0 Å². The lowest BCUT2D eigenvalue weighted by molar-refractivity contribution is 0.222. The second kappa shape index (κ2) is 6.46. The van der Waals surface area contributed by atoms with Crippen LogP contribution in [0.2, 0.25) is 5.02 Å². The lowest BCUT2D eigenvalue weighted by Crippen LogP contribution is -2.32. The normalized spacial score (nSPS) is 13.9. The summed E-state index contributed by atoms with van der Waals surface area (Å²) < 4.78 is 0. The zero-order valence-corrected chi connectivity index (χ0v) is 11.3. The van der Waals surface area contributed by atoms with Gasteiger partial charge in [0.05, 0.1) is 12.2 Å². The number of halogens is 1. The van der Waals surface area contributed by atoms with E-state index in [1.54, 1.807) is 23.1 Å². The highest BCUT2D eigenvalue weighted by molar-refractivity contribution is 6.30. The molecule has 1 saturated heterocycles. The Bertz CT molecular complexity index is 527. The molecule has 1 heterocycles.